The van der Waals surface area contributed by atoms with Crippen molar-refractivity contribution in [2.45, 2.75) is 19.9 Å². The molecular weight excluding hydrogens is 354 g/mol. The summed E-state index contributed by atoms with van der Waals surface area (Å²) in [6.45, 7) is 2.19. The van der Waals surface area contributed by atoms with E-state index in [1.54, 1.807) is 36.7 Å². The van der Waals surface area contributed by atoms with Crippen LogP contribution in [0.25, 0.3) is 16.7 Å². The standard InChI is InChI=1S/C16H15N7O2S/c1-10-20-16-19-8-11-12(23(16)21-10)3-6-22(15(11)25)9-13(24)17-4-2-14-18-5-7-26-14/h3,5-8H,2,4,9H2,1H3,(H,17,24). The number of hydrogen-bond donors (Lipinski definition) is 1. The number of thiazole rings is 1. The molecule has 0 bridgehead atoms. The van der Waals surface area contributed by atoms with Gasteiger partial charge < -0.3 is 9.88 Å². The molecule has 0 aliphatic carbocycles. The number of carbonyl (C=O) groups is 1. The first-order chi connectivity index (χ1) is 12.6. The number of hydrogen-bond acceptors (Lipinski definition) is 7. The Labute approximate surface area is 151 Å². The molecule has 0 aliphatic heterocycles. The molecule has 0 aliphatic rings. The van der Waals surface area contributed by atoms with Crippen LogP contribution in [0.15, 0.2) is 34.8 Å². The number of aromatic nitrogens is 6. The SMILES string of the molecule is Cc1nc2ncc3c(=O)n(CC(=O)NCCc4nccs4)ccc3n2n1. The third-order valence-corrected chi connectivity index (χ3v) is 4.71. The van der Waals surface area contributed by atoms with E-state index < -0.39 is 0 Å². The third-order valence-electron chi connectivity index (χ3n) is 3.87. The van der Waals surface area contributed by atoms with Crippen LogP contribution < -0.4 is 10.9 Å². The summed E-state index contributed by atoms with van der Waals surface area (Å²) in [5.74, 6) is 0.787. The Morgan fingerprint density at radius 2 is 2.23 bits per heavy atom. The first-order valence-electron chi connectivity index (χ1n) is 7.98. The molecule has 0 aromatic carbocycles. The van der Waals surface area contributed by atoms with Gasteiger partial charge in [0.15, 0.2) is 0 Å². The number of nitrogens with zero attached hydrogens (tertiary/aromatic N) is 6. The molecule has 0 unspecified atom stereocenters. The van der Waals surface area contributed by atoms with Gasteiger partial charge in [0.1, 0.15) is 12.4 Å². The molecule has 4 heterocycles. The number of fused-ring (bicyclic) bond motifs is 3. The Kier molecular flexibility index (Phi) is 4.17. The molecule has 132 valence electrons. The van der Waals surface area contributed by atoms with Gasteiger partial charge in [0.25, 0.3) is 11.3 Å². The summed E-state index contributed by atoms with van der Waals surface area (Å²) < 4.78 is 2.89. The number of rotatable bonds is 5. The minimum absolute atomic E-state index is 0.0545. The highest BCUT2D eigenvalue weighted by molar-refractivity contribution is 7.09. The lowest BCUT2D eigenvalue weighted by atomic mass is 10.3. The van der Waals surface area contributed by atoms with Gasteiger partial charge in [-0.1, -0.05) is 0 Å². The minimum Gasteiger partial charge on any atom is -0.354 e. The van der Waals surface area contributed by atoms with Crippen molar-refractivity contribution in [2.75, 3.05) is 6.54 Å². The molecule has 0 radical (unpaired) electrons. The lowest BCUT2D eigenvalue weighted by molar-refractivity contribution is -0.121. The predicted molar refractivity (Wildman–Crippen MR) is 96.1 cm³/mol. The van der Waals surface area contributed by atoms with Gasteiger partial charge >= 0.3 is 0 Å². The normalized spacial score (nSPS) is 11.3. The van der Waals surface area contributed by atoms with Gasteiger partial charge in [0.2, 0.25) is 5.91 Å². The van der Waals surface area contributed by atoms with Crippen LogP contribution in [0.4, 0.5) is 0 Å². The molecule has 4 aromatic heterocycles. The Hall–Kier alpha value is -3.14. The topological polar surface area (TPSA) is 107 Å². The van der Waals surface area contributed by atoms with Crippen molar-refractivity contribution in [3.05, 3.63) is 51.2 Å². The summed E-state index contributed by atoms with van der Waals surface area (Å²) in [7, 11) is 0. The second-order valence-electron chi connectivity index (χ2n) is 5.70. The van der Waals surface area contributed by atoms with Crippen LogP contribution in [0, 0.1) is 6.92 Å². The summed E-state index contributed by atoms with van der Waals surface area (Å²) in [4.78, 5) is 37.3. The second-order valence-corrected chi connectivity index (χ2v) is 6.68. The van der Waals surface area contributed by atoms with Crippen LogP contribution in [0.2, 0.25) is 0 Å². The summed E-state index contributed by atoms with van der Waals surface area (Å²) in [5.41, 5.74) is 0.321. The Balaban J connectivity index is 1.53. The highest BCUT2D eigenvalue weighted by Gasteiger charge is 2.11. The largest absolute Gasteiger partial charge is 0.354 e. The van der Waals surface area contributed by atoms with E-state index in [0.717, 1.165) is 5.01 Å². The van der Waals surface area contributed by atoms with Crippen molar-refractivity contribution in [3.63, 3.8) is 0 Å². The van der Waals surface area contributed by atoms with Crippen molar-refractivity contribution in [2.24, 2.45) is 0 Å². The number of aryl methyl sites for hydroxylation is 1. The quantitative estimate of drug-likeness (QED) is 0.551. The molecule has 26 heavy (non-hydrogen) atoms. The smallest absolute Gasteiger partial charge is 0.262 e. The van der Waals surface area contributed by atoms with Crippen LogP contribution in [0.1, 0.15) is 10.8 Å². The van der Waals surface area contributed by atoms with Crippen LogP contribution in [0.3, 0.4) is 0 Å². The molecule has 0 saturated carbocycles. The molecule has 0 saturated heterocycles. The Morgan fingerprint density at radius 1 is 1.35 bits per heavy atom. The van der Waals surface area contributed by atoms with Gasteiger partial charge in [0, 0.05) is 36.9 Å². The van der Waals surface area contributed by atoms with Crippen LogP contribution in [0.5, 0.6) is 0 Å². The van der Waals surface area contributed by atoms with E-state index in [1.807, 2.05) is 5.38 Å². The Bertz CT molecular complexity index is 1150. The maximum Gasteiger partial charge on any atom is 0.262 e. The number of nitrogens with one attached hydrogen (secondary N) is 1. The van der Waals surface area contributed by atoms with E-state index in [0.29, 0.717) is 35.5 Å². The van der Waals surface area contributed by atoms with Gasteiger partial charge in [-0.3, -0.25) is 9.59 Å². The van der Waals surface area contributed by atoms with E-state index in [2.05, 4.69) is 25.4 Å². The van der Waals surface area contributed by atoms with Gasteiger partial charge in [-0.05, 0) is 13.0 Å². The van der Waals surface area contributed by atoms with E-state index in [9.17, 15) is 9.59 Å². The maximum atomic E-state index is 12.6. The van der Waals surface area contributed by atoms with E-state index in [4.69, 9.17) is 0 Å². The molecule has 4 rings (SSSR count). The molecule has 0 atom stereocenters. The van der Waals surface area contributed by atoms with Gasteiger partial charge in [-0.15, -0.1) is 16.4 Å². The average molecular weight is 369 g/mol. The van der Waals surface area contributed by atoms with Crippen LogP contribution >= 0.6 is 11.3 Å². The van der Waals surface area contributed by atoms with Crippen molar-refractivity contribution in [3.8, 4) is 0 Å². The van der Waals surface area contributed by atoms with E-state index in [-0.39, 0.29) is 18.0 Å². The van der Waals surface area contributed by atoms with E-state index >= 15 is 0 Å². The van der Waals surface area contributed by atoms with Gasteiger partial charge in [-0.25, -0.2) is 9.97 Å². The summed E-state index contributed by atoms with van der Waals surface area (Å²) in [5, 5.41) is 10.3. The van der Waals surface area contributed by atoms with Crippen LogP contribution in [-0.4, -0.2) is 41.6 Å². The monoisotopic (exact) mass is 369 g/mol. The molecule has 1 amide bonds. The highest BCUT2D eigenvalue weighted by atomic mass is 32.1. The number of amides is 1. The lowest BCUT2D eigenvalue weighted by Gasteiger charge is -2.08. The zero-order valence-corrected chi connectivity index (χ0v) is 14.7. The van der Waals surface area contributed by atoms with Crippen molar-refractivity contribution in [1.29, 1.82) is 0 Å². The van der Waals surface area contributed by atoms with E-state index in [1.165, 1.54) is 15.3 Å². The third kappa shape index (κ3) is 3.06. The molecular formula is C16H15N7O2S. The predicted octanol–water partition coefficient (Wildman–Crippen LogP) is 0.563. The molecule has 4 aromatic rings. The van der Waals surface area contributed by atoms with Gasteiger partial charge in [-0.2, -0.15) is 9.50 Å². The lowest BCUT2D eigenvalue weighted by Crippen LogP contribution is -2.33. The number of pyridine rings is 1. The zero-order valence-electron chi connectivity index (χ0n) is 13.9. The zero-order chi connectivity index (χ0) is 18.1. The minimum atomic E-state index is -0.292. The van der Waals surface area contributed by atoms with Crippen LogP contribution in [-0.2, 0) is 17.8 Å². The molecule has 0 spiro atoms. The molecule has 9 nitrogen and oxygen atoms in total. The highest BCUT2D eigenvalue weighted by Crippen LogP contribution is 2.10. The second kappa shape index (κ2) is 6.64. The first kappa shape index (κ1) is 16.3. The number of carbonyl (C=O) groups excluding carboxylic acids is 1. The molecule has 0 fully saturated rings. The summed E-state index contributed by atoms with van der Waals surface area (Å²) in [6.07, 6.45) is 5.46. The average Bonchev–Trinajstić information content (AvgIpc) is 3.25. The maximum absolute atomic E-state index is 12.6. The van der Waals surface area contributed by atoms with Crippen molar-refractivity contribution >= 4 is 33.9 Å². The van der Waals surface area contributed by atoms with Crippen molar-refractivity contribution < 1.29 is 4.79 Å². The summed E-state index contributed by atoms with van der Waals surface area (Å²) >= 11 is 1.55. The first-order valence-corrected chi connectivity index (χ1v) is 8.86. The fraction of sp³-hybridized carbons (Fsp3) is 0.250. The molecule has 1 N–H and O–H groups in total. The fourth-order valence-electron chi connectivity index (χ4n) is 2.68. The summed E-state index contributed by atoms with van der Waals surface area (Å²) in [6, 6.07) is 1.74. The Morgan fingerprint density at radius 3 is 3.04 bits per heavy atom. The molecule has 10 heteroatoms. The van der Waals surface area contributed by atoms with Crippen molar-refractivity contribution in [1.82, 2.24) is 34.4 Å². The van der Waals surface area contributed by atoms with Gasteiger partial charge in [0.05, 0.1) is 15.9 Å². The fourth-order valence-corrected chi connectivity index (χ4v) is 3.30.